The number of thiazole rings is 1. The fraction of sp³-hybridized carbons (Fsp3) is 0.579. The molecule has 1 aromatic rings. The van der Waals surface area contributed by atoms with Gasteiger partial charge in [-0.05, 0) is 26.3 Å². The molecule has 0 saturated heterocycles. The summed E-state index contributed by atoms with van der Waals surface area (Å²) in [5.41, 5.74) is 6.69. The average Bonchev–Trinajstić information content (AvgIpc) is 3.23. The van der Waals surface area contributed by atoms with Crippen LogP contribution < -0.4 is 21.7 Å². The number of aryl methyl sites for hydroxylation is 1. The van der Waals surface area contributed by atoms with E-state index in [1.807, 2.05) is 5.38 Å². The number of ether oxygens (including phenoxy) is 3. The van der Waals surface area contributed by atoms with E-state index in [1.165, 1.54) is 18.4 Å². The molecule has 34 heavy (non-hydrogen) atoms. The quantitative estimate of drug-likeness (QED) is 0.0539. The molecule has 14 nitrogen and oxygen atoms in total. The molecular formula is C19H29N7O7S. The Bertz CT molecular complexity index is 907. The summed E-state index contributed by atoms with van der Waals surface area (Å²) < 4.78 is 14.9. The number of likely N-dealkylation sites (N-methyl/N-ethyl adjacent to an activating group) is 1. The molecule has 5 N–H and O–H groups in total. The minimum absolute atomic E-state index is 0.262. The van der Waals surface area contributed by atoms with Crippen LogP contribution in [0.1, 0.15) is 25.0 Å². The molecule has 0 fully saturated rings. The molecule has 1 aliphatic rings. The van der Waals surface area contributed by atoms with E-state index in [2.05, 4.69) is 25.9 Å². The summed E-state index contributed by atoms with van der Waals surface area (Å²) in [4.78, 5) is 42.8. The Morgan fingerprint density at radius 3 is 2.82 bits per heavy atom. The first-order valence-corrected chi connectivity index (χ1v) is 11.4. The van der Waals surface area contributed by atoms with Crippen molar-refractivity contribution in [2.24, 2.45) is 10.7 Å². The van der Waals surface area contributed by atoms with Crippen LogP contribution in [0.25, 0.3) is 0 Å². The first kappa shape index (κ1) is 27.1. The summed E-state index contributed by atoms with van der Waals surface area (Å²) in [6, 6.07) is 0. The van der Waals surface area contributed by atoms with Crippen molar-refractivity contribution < 1.29 is 28.7 Å². The van der Waals surface area contributed by atoms with E-state index >= 15 is 0 Å². The van der Waals surface area contributed by atoms with Gasteiger partial charge in [0.1, 0.15) is 0 Å². The van der Waals surface area contributed by atoms with Gasteiger partial charge >= 0.3 is 24.0 Å². The first-order chi connectivity index (χ1) is 16.3. The summed E-state index contributed by atoms with van der Waals surface area (Å²) in [5, 5.41) is 22.4. The Labute approximate surface area is 200 Å². The number of hydrogen-bond acceptors (Lipinski definition) is 12. The molecular weight excluding hydrogens is 470 g/mol. The number of hydrogen-bond donors (Lipinski definition) is 4. The van der Waals surface area contributed by atoms with Gasteiger partial charge in [-0.25, -0.2) is 14.6 Å². The van der Waals surface area contributed by atoms with E-state index in [4.69, 9.17) is 19.9 Å². The van der Waals surface area contributed by atoms with Gasteiger partial charge in [0.15, 0.2) is 11.1 Å². The second-order valence-corrected chi connectivity index (χ2v) is 7.94. The second-order valence-electron chi connectivity index (χ2n) is 7.08. The number of carbonyl (C=O) groups excluding carboxylic acids is 2. The first-order valence-electron chi connectivity index (χ1n) is 10.5. The van der Waals surface area contributed by atoms with Gasteiger partial charge in [0.2, 0.25) is 0 Å². The third-order valence-electron chi connectivity index (χ3n) is 4.62. The number of nitrogens with one attached hydrogen (secondary N) is 3. The lowest BCUT2D eigenvalue weighted by molar-refractivity contribution is -0.595. The third kappa shape index (κ3) is 8.33. The van der Waals surface area contributed by atoms with Crippen LogP contribution in [0.3, 0.4) is 0 Å². The number of nitrogens with two attached hydrogens (primary N) is 1. The maximum absolute atomic E-state index is 11.9. The smallest absolute Gasteiger partial charge is 0.415 e. The summed E-state index contributed by atoms with van der Waals surface area (Å²) in [7, 11) is 2.95. The number of aliphatic imine (C=N–C) groups is 1. The SMILES string of the molecule is CNC1(NCCCCCc2csc(NC(N)=NCCOC)n2)OC(=O)/C=C/C(=O)OC1[N+](=O)[O-]. The number of nitro groups is 1. The number of rotatable bonds is 13. The van der Waals surface area contributed by atoms with E-state index in [0.29, 0.717) is 24.7 Å². The van der Waals surface area contributed by atoms with Crippen LogP contribution in [0.15, 0.2) is 22.5 Å². The zero-order valence-corrected chi connectivity index (χ0v) is 19.8. The summed E-state index contributed by atoms with van der Waals surface area (Å²) in [5.74, 6) is -3.66. The number of carbonyl (C=O) groups is 2. The molecule has 0 radical (unpaired) electrons. The minimum atomic E-state index is -2.00. The van der Waals surface area contributed by atoms with E-state index in [-0.39, 0.29) is 12.5 Å². The van der Waals surface area contributed by atoms with Crippen LogP contribution in [0, 0.1) is 10.1 Å². The zero-order valence-electron chi connectivity index (χ0n) is 18.9. The summed E-state index contributed by atoms with van der Waals surface area (Å²) in [6.07, 6.45) is 2.58. The van der Waals surface area contributed by atoms with Gasteiger partial charge in [-0.15, -0.1) is 11.3 Å². The molecule has 0 bridgehead atoms. The molecule has 15 heteroatoms. The highest BCUT2D eigenvalue weighted by Gasteiger charge is 2.53. The molecule has 2 atom stereocenters. The number of nitrogens with zero attached hydrogens (tertiary/aromatic N) is 3. The van der Waals surface area contributed by atoms with Gasteiger partial charge in [0, 0.05) is 31.2 Å². The molecule has 2 rings (SSSR count). The molecule has 1 aliphatic heterocycles. The lowest BCUT2D eigenvalue weighted by atomic mass is 10.1. The van der Waals surface area contributed by atoms with Gasteiger partial charge in [-0.2, -0.15) is 0 Å². The van der Waals surface area contributed by atoms with Crippen molar-refractivity contribution >= 4 is 34.4 Å². The molecule has 0 amide bonds. The van der Waals surface area contributed by atoms with Gasteiger partial charge in [0.05, 0.1) is 23.8 Å². The largest absolute Gasteiger partial charge is 0.425 e. The Morgan fingerprint density at radius 1 is 1.35 bits per heavy atom. The van der Waals surface area contributed by atoms with Gasteiger partial charge < -0.3 is 25.3 Å². The number of aromatic nitrogens is 1. The number of guanidine groups is 1. The molecule has 0 aromatic carbocycles. The van der Waals surface area contributed by atoms with Gasteiger partial charge in [-0.1, -0.05) is 6.42 Å². The molecule has 2 unspecified atom stereocenters. The van der Waals surface area contributed by atoms with Crippen molar-refractivity contribution in [2.45, 2.75) is 37.8 Å². The Hall–Kier alpha value is -3.14. The van der Waals surface area contributed by atoms with Crippen LogP contribution in [-0.2, 0) is 30.2 Å². The van der Waals surface area contributed by atoms with Gasteiger partial charge in [0.25, 0.3) is 0 Å². The summed E-state index contributed by atoms with van der Waals surface area (Å²) >= 11 is 1.42. The average molecular weight is 500 g/mol. The molecule has 1 aromatic heterocycles. The highest BCUT2D eigenvalue weighted by atomic mass is 32.1. The minimum Gasteiger partial charge on any atom is -0.415 e. The molecule has 188 valence electrons. The highest BCUT2D eigenvalue weighted by molar-refractivity contribution is 7.13. The second kappa shape index (κ2) is 13.5. The maximum atomic E-state index is 11.9. The normalized spacial score (nSPS) is 21.8. The number of unbranched alkanes of at least 4 members (excludes halogenated alkanes) is 2. The van der Waals surface area contributed by atoms with Crippen LogP contribution >= 0.6 is 11.3 Å². The number of cyclic esters (lactones) is 2. The van der Waals surface area contributed by atoms with E-state index in [9.17, 15) is 19.7 Å². The topological polar surface area (TPSA) is 192 Å². The predicted molar refractivity (Wildman–Crippen MR) is 124 cm³/mol. The Balaban J connectivity index is 1.81. The van der Waals surface area contributed by atoms with Crippen LogP contribution in [-0.4, -0.2) is 73.7 Å². The van der Waals surface area contributed by atoms with E-state index < -0.39 is 28.9 Å². The van der Waals surface area contributed by atoms with Crippen LogP contribution in [0.4, 0.5) is 5.13 Å². The summed E-state index contributed by atoms with van der Waals surface area (Å²) in [6.45, 7) is 1.20. The Kier molecular flexibility index (Phi) is 10.8. The number of methoxy groups -OCH3 is 1. The van der Waals surface area contributed by atoms with E-state index in [1.54, 1.807) is 7.11 Å². The number of anilines is 1. The molecule has 0 aliphatic carbocycles. The monoisotopic (exact) mass is 499 g/mol. The number of esters is 2. The lowest BCUT2D eigenvalue weighted by Gasteiger charge is -2.34. The molecule has 0 saturated carbocycles. The van der Waals surface area contributed by atoms with E-state index in [0.717, 1.165) is 37.1 Å². The Morgan fingerprint density at radius 2 is 2.12 bits per heavy atom. The van der Waals surface area contributed by atoms with Crippen molar-refractivity contribution in [3.8, 4) is 0 Å². The van der Waals surface area contributed by atoms with Crippen molar-refractivity contribution in [3.05, 3.63) is 33.3 Å². The van der Waals surface area contributed by atoms with Gasteiger partial charge in [-0.3, -0.25) is 25.7 Å². The standard InChI is InChI=1S/C19H29N7O7S/c1-21-19(16(26(29)30)32-14(27)7-8-15(28)33-19)23-9-5-3-4-6-13-12-34-18(24-13)25-17(20)22-10-11-31-2/h7-8,12,16,21,23H,3-6,9-11H2,1-2H3,(H3,20,22,24,25)/b8-7+. The molecule has 0 spiro atoms. The lowest BCUT2D eigenvalue weighted by Crippen LogP contribution is -2.69. The van der Waals surface area contributed by atoms with Crippen LogP contribution in [0.2, 0.25) is 0 Å². The predicted octanol–water partition coefficient (Wildman–Crippen LogP) is -0.0493. The van der Waals surface area contributed by atoms with Crippen LogP contribution in [0.5, 0.6) is 0 Å². The van der Waals surface area contributed by atoms with Crippen molar-refractivity contribution in [1.82, 2.24) is 15.6 Å². The molecule has 2 heterocycles. The highest BCUT2D eigenvalue weighted by Crippen LogP contribution is 2.19. The maximum Gasteiger partial charge on any atom is 0.425 e. The fourth-order valence-electron chi connectivity index (χ4n) is 2.96. The van der Waals surface area contributed by atoms with Crippen molar-refractivity contribution in [2.75, 3.05) is 39.2 Å². The third-order valence-corrected chi connectivity index (χ3v) is 5.42. The van der Waals surface area contributed by atoms with Crippen molar-refractivity contribution in [1.29, 1.82) is 0 Å². The van der Waals surface area contributed by atoms with Crippen molar-refractivity contribution in [3.63, 3.8) is 0 Å². The fourth-order valence-corrected chi connectivity index (χ4v) is 3.71. The zero-order chi connectivity index (χ0) is 25.0.